The summed E-state index contributed by atoms with van der Waals surface area (Å²) in [7, 11) is -3.50. The largest absolute Gasteiger partial charge is 0.370 e. The van der Waals surface area contributed by atoms with Crippen LogP contribution in [0.2, 0.25) is 0 Å². The predicted molar refractivity (Wildman–Crippen MR) is 107 cm³/mol. The minimum Gasteiger partial charge on any atom is -0.370 e. The second-order valence-corrected chi connectivity index (χ2v) is 8.58. The van der Waals surface area contributed by atoms with E-state index in [9.17, 15) is 8.42 Å². The maximum Gasteiger partial charge on any atom is 0.208 e. The van der Waals surface area contributed by atoms with Crippen LogP contribution in [0.1, 0.15) is 25.8 Å². The van der Waals surface area contributed by atoms with Gasteiger partial charge in [-0.2, -0.15) is 0 Å². The number of benzene rings is 2. The van der Waals surface area contributed by atoms with Crippen LogP contribution in [0.15, 0.2) is 58.3 Å². The van der Waals surface area contributed by atoms with Crippen LogP contribution in [0.4, 0.5) is 5.69 Å². The number of anilines is 1. The lowest BCUT2D eigenvalue weighted by atomic mass is 10.1. The average molecular weight is 373 g/mol. The zero-order valence-electron chi connectivity index (χ0n) is 15.7. The molecule has 26 heavy (non-hydrogen) atoms. The maximum absolute atomic E-state index is 13.3. The van der Waals surface area contributed by atoms with Crippen LogP contribution in [0.5, 0.6) is 0 Å². The molecule has 0 aliphatic carbocycles. The topological polar surface area (TPSA) is 40.6 Å². The summed E-state index contributed by atoms with van der Waals surface area (Å²) >= 11 is 0. The van der Waals surface area contributed by atoms with E-state index < -0.39 is 9.84 Å². The molecule has 1 aliphatic heterocycles. The van der Waals surface area contributed by atoms with Crippen LogP contribution in [-0.2, 0) is 16.3 Å². The van der Waals surface area contributed by atoms with Crippen molar-refractivity contribution in [2.24, 2.45) is 0 Å². The highest BCUT2D eigenvalue weighted by atomic mass is 32.2. The Labute approximate surface area is 157 Å². The van der Waals surface area contributed by atoms with Gasteiger partial charge in [-0.15, -0.1) is 0 Å². The normalized spacial score (nSPS) is 15.9. The van der Waals surface area contributed by atoms with Gasteiger partial charge < -0.3 is 9.80 Å². The molecular weight excluding hydrogens is 344 g/mol. The Morgan fingerprint density at radius 1 is 0.962 bits per heavy atom. The molecule has 2 aromatic rings. The SMILES string of the molecule is CCN(CC)CCCN1CCc2ccccc2S(=O)(=O)c2ccccc21. The quantitative estimate of drug-likeness (QED) is 0.777. The molecule has 3 rings (SSSR count). The van der Waals surface area contributed by atoms with Crippen molar-refractivity contribution in [1.29, 1.82) is 0 Å². The molecule has 0 saturated carbocycles. The smallest absolute Gasteiger partial charge is 0.208 e. The zero-order chi connectivity index (χ0) is 18.6. The molecule has 140 valence electrons. The summed E-state index contributed by atoms with van der Waals surface area (Å²) in [6.45, 7) is 9.20. The van der Waals surface area contributed by atoms with Gasteiger partial charge >= 0.3 is 0 Å². The Bertz CT molecular complexity index is 845. The number of hydrogen-bond donors (Lipinski definition) is 0. The van der Waals surface area contributed by atoms with Crippen molar-refractivity contribution in [1.82, 2.24) is 4.90 Å². The molecule has 0 aromatic heterocycles. The fourth-order valence-electron chi connectivity index (χ4n) is 3.67. The molecule has 0 N–H and O–H groups in total. The number of para-hydroxylation sites is 1. The van der Waals surface area contributed by atoms with E-state index in [0.29, 0.717) is 9.79 Å². The highest BCUT2D eigenvalue weighted by molar-refractivity contribution is 7.91. The van der Waals surface area contributed by atoms with Crippen LogP contribution < -0.4 is 4.90 Å². The molecule has 0 fully saturated rings. The number of hydrogen-bond acceptors (Lipinski definition) is 4. The predicted octanol–water partition coefficient (Wildman–Crippen LogP) is 3.61. The fraction of sp³-hybridized carbons (Fsp3) is 0.429. The van der Waals surface area contributed by atoms with E-state index in [2.05, 4.69) is 23.6 Å². The third-order valence-corrected chi connectivity index (χ3v) is 7.11. The number of nitrogens with zero attached hydrogens (tertiary/aromatic N) is 2. The van der Waals surface area contributed by atoms with Gasteiger partial charge in [-0.05, 0) is 56.2 Å². The molecule has 0 atom stereocenters. The van der Waals surface area contributed by atoms with Gasteiger partial charge in [0, 0.05) is 13.1 Å². The minimum absolute atomic E-state index is 0.426. The monoisotopic (exact) mass is 372 g/mol. The van der Waals surface area contributed by atoms with Crippen molar-refractivity contribution >= 4 is 15.5 Å². The van der Waals surface area contributed by atoms with Crippen LogP contribution in [0.25, 0.3) is 0 Å². The fourth-order valence-corrected chi connectivity index (χ4v) is 5.41. The van der Waals surface area contributed by atoms with E-state index in [0.717, 1.165) is 56.8 Å². The molecule has 5 heteroatoms. The lowest BCUT2D eigenvalue weighted by Gasteiger charge is -2.30. The molecular formula is C21H28N2O2S. The third-order valence-electron chi connectivity index (χ3n) is 5.21. The summed E-state index contributed by atoms with van der Waals surface area (Å²) in [6.07, 6.45) is 1.77. The van der Waals surface area contributed by atoms with Gasteiger partial charge in [0.25, 0.3) is 0 Å². The molecule has 4 nitrogen and oxygen atoms in total. The number of rotatable bonds is 6. The van der Waals surface area contributed by atoms with Crippen LogP contribution in [-0.4, -0.2) is 46.0 Å². The number of fused-ring (bicyclic) bond motifs is 2. The standard InChI is InChI=1S/C21H28N2O2S/c1-3-22(4-2)15-9-16-23-17-14-18-10-5-7-12-20(18)26(24,25)21-13-8-6-11-19(21)23/h5-8,10-13H,3-4,9,14-17H2,1-2H3. The molecule has 2 aromatic carbocycles. The Balaban J connectivity index is 1.92. The minimum atomic E-state index is -3.50. The number of sulfone groups is 1. The van der Waals surface area contributed by atoms with Gasteiger partial charge in [0.1, 0.15) is 0 Å². The molecule has 0 radical (unpaired) electrons. The third kappa shape index (κ3) is 3.79. The van der Waals surface area contributed by atoms with Crippen LogP contribution in [0, 0.1) is 0 Å². The molecule has 0 unspecified atom stereocenters. The Hall–Kier alpha value is -1.85. The summed E-state index contributed by atoms with van der Waals surface area (Å²) in [5, 5.41) is 0. The first kappa shape index (κ1) is 18.9. The van der Waals surface area contributed by atoms with Gasteiger partial charge in [-0.25, -0.2) is 8.42 Å². The molecule has 1 aliphatic rings. The summed E-state index contributed by atoms with van der Waals surface area (Å²) in [5.41, 5.74) is 1.75. The van der Waals surface area contributed by atoms with Gasteiger partial charge in [0.05, 0.1) is 15.5 Å². The lowest BCUT2D eigenvalue weighted by Crippen LogP contribution is -2.33. The maximum atomic E-state index is 13.3. The first-order valence-corrected chi connectivity index (χ1v) is 11.0. The molecule has 0 amide bonds. The van der Waals surface area contributed by atoms with E-state index in [1.54, 1.807) is 12.1 Å². The molecule has 1 heterocycles. The van der Waals surface area contributed by atoms with E-state index in [4.69, 9.17) is 0 Å². The van der Waals surface area contributed by atoms with Crippen molar-refractivity contribution in [3.8, 4) is 0 Å². The van der Waals surface area contributed by atoms with E-state index in [-0.39, 0.29) is 0 Å². The Morgan fingerprint density at radius 3 is 2.35 bits per heavy atom. The van der Waals surface area contributed by atoms with E-state index in [1.165, 1.54) is 0 Å². The average Bonchev–Trinajstić information content (AvgIpc) is 2.67. The summed E-state index contributed by atoms with van der Waals surface area (Å²) in [4.78, 5) is 5.53. The Kier molecular flexibility index (Phi) is 5.99. The second kappa shape index (κ2) is 8.23. The van der Waals surface area contributed by atoms with Crippen molar-refractivity contribution in [3.05, 3.63) is 54.1 Å². The van der Waals surface area contributed by atoms with E-state index in [1.807, 2.05) is 36.4 Å². The van der Waals surface area contributed by atoms with Crippen molar-refractivity contribution in [2.45, 2.75) is 36.5 Å². The van der Waals surface area contributed by atoms with E-state index >= 15 is 0 Å². The zero-order valence-corrected chi connectivity index (χ0v) is 16.5. The summed E-state index contributed by atoms with van der Waals surface area (Å²) in [6, 6.07) is 14.8. The second-order valence-electron chi connectivity index (χ2n) is 6.70. The van der Waals surface area contributed by atoms with Crippen LogP contribution in [0.3, 0.4) is 0 Å². The Morgan fingerprint density at radius 2 is 1.62 bits per heavy atom. The van der Waals surface area contributed by atoms with Crippen LogP contribution >= 0.6 is 0 Å². The van der Waals surface area contributed by atoms with Crippen molar-refractivity contribution < 1.29 is 8.42 Å². The van der Waals surface area contributed by atoms with Crippen molar-refractivity contribution in [2.75, 3.05) is 37.6 Å². The first-order chi connectivity index (χ1) is 12.6. The van der Waals surface area contributed by atoms with Crippen molar-refractivity contribution in [3.63, 3.8) is 0 Å². The lowest BCUT2D eigenvalue weighted by molar-refractivity contribution is 0.300. The summed E-state index contributed by atoms with van der Waals surface area (Å²) < 4.78 is 26.5. The summed E-state index contributed by atoms with van der Waals surface area (Å²) in [5.74, 6) is 0. The first-order valence-electron chi connectivity index (χ1n) is 9.47. The van der Waals surface area contributed by atoms with Gasteiger partial charge in [-0.1, -0.05) is 44.2 Å². The van der Waals surface area contributed by atoms with Gasteiger partial charge in [0.2, 0.25) is 9.84 Å². The molecule has 0 spiro atoms. The highest BCUT2D eigenvalue weighted by Crippen LogP contribution is 2.34. The molecule has 0 bridgehead atoms. The highest BCUT2D eigenvalue weighted by Gasteiger charge is 2.28. The molecule has 0 saturated heterocycles. The van der Waals surface area contributed by atoms with Gasteiger partial charge in [0.15, 0.2) is 0 Å². The van der Waals surface area contributed by atoms with Gasteiger partial charge in [-0.3, -0.25) is 0 Å².